The molecule has 0 aliphatic heterocycles. The van der Waals surface area contributed by atoms with Gasteiger partial charge in [-0.3, -0.25) is 9.89 Å². The van der Waals surface area contributed by atoms with Gasteiger partial charge < -0.3 is 15.6 Å². The summed E-state index contributed by atoms with van der Waals surface area (Å²) in [6, 6.07) is 9.80. The van der Waals surface area contributed by atoms with Gasteiger partial charge in [-0.05, 0) is 37.8 Å². The smallest absolute Gasteiger partial charge is 0.272 e. The van der Waals surface area contributed by atoms with Gasteiger partial charge >= 0.3 is 0 Å². The van der Waals surface area contributed by atoms with Gasteiger partial charge in [-0.25, -0.2) is 9.97 Å². The van der Waals surface area contributed by atoms with E-state index >= 15 is 0 Å². The van der Waals surface area contributed by atoms with Gasteiger partial charge in [0.25, 0.3) is 5.91 Å². The second-order valence-electron chi connectivity index (χ2n) is 8.68. The van der Waals surface area contributed by atoms with Crippen molar-refractivity contribution in [3.63, 3.8) is 0 Å². The molecule has 1 amide bonds. The second-order valence-corrected chi connectivity index (χ2v) is 8.68. The summed E-state index contributed by atoms with van der Waals surface area (Å²) in [7, 11) is 1.86. The third-order valence-corrected chi connectivity index (χ3v) is 6.40. The number of aromatic amines is 2. The van der Waals surface area contributed by atoms with Gasteiger partial charge in [0, 0.05) is 53.8 Å². The predicted octanol–water partition coefficient (Wildman–Crippen LogP) is 4.18. The van der Waals surface area contributed by atoms with Crippen LogP contribution in [-0.2, 0) is 12.8 Å². The summed E-state index contributed by atoms with van der Waals surface area (Å²) in [5.41, 5.74) is 5.30. The molecule has 8 nitrogen and oxygen atoms in total. The van der Waals surface area contributed by atoms with Crippen LogP contribution in [0.15, 0.2) is 36.5 Å². The highest BCUT2D eigenvalue weighted by Crippen LogP contribution is 2.39. The number of anilines is 1. The lowest BCUT2D eigenvalue weighted by Gasteiger charge is -2.19. The Bertz CT molecular complexity index is 1300. The minimum atomic E-state index is -0.328. The molecule has 1 saturated carbocycles. The van der Waals surface area contributed by atoms with Crippen molar-refractivity contribution in [1.29, 1.82) is 0 Å². The van der Waals surface area contributed by atoms with Crippen molar-refractivity contribution in [3.8, 4) is 0 Å². The van der Waals surface area contributed by atoms with Gasteiger partial charge in [0.15, 0.2) is 5.69 Å². The summed E-state index contributed by atoms with van der Waals surface area (Å²) in [5, 5.41) is 14.8. The Morgan fingerprint density at radius 1 is 1.24 bits per heavy atom. The topological polar surface area (TPSA) is 111 Å². The van der Waals surface area contributed by atoms with Crippen LogP contribution >= 0.6 is 0 Å². The standard InChI is InChI=1S/C25H29N7O/c1-4-18-14(2)23(32-31-18)25(33)29-20(11-16-13-27-19-8-6-5-7-17(16)19)21-12-22(26-3)30-24(28-21)15-9-10-15/h5-8,12-13,15,20,27H,4,9-11H2,1-3H3,(H,29,33)(H,31,32)(H,26,28,30)/t20-/m0/s1. The fourth-order valence-electron chi connectivity index (χ4n) is 4.29. The Morgan fingerprint density at radius 3 is 2.79 bits per heavy atom. The molecule has 3 heterocycles. The number of H-pyrrole nitrogens is 2. The quantitative estimate of drug-likeness (QED) is 0.326. The van der Waals surface area contributed by atoms with Crippen LogP contribution in [0, 0.1) is 6.92 Å². The number of aryl methyl sites for hydroxylation is 1. The maximum Gasteiger partial charge on any atom is 0.272 e. The lowest BCUT2D eigenvalue weighted by atomic mass is 10.0. The maximum absolute atomic E-state index is 13.3. The van der Waals surface area contributed by atoms with Gasteiger partial charge in [0.2, 0.25) is 0 Å². The van der Waals surface area contributed by atoms with E-state index in [0.29, 0.717) is 18.0 Å². The van der Waals surface area contributed by atoms with Crippen molar-refractivity contribution in [2.45, 2.75) is 51.5 Å². The molecule has 1 atom stereocenters. The highest BCUT2D eigenvalue weighted by atomic mass is 16.2. The number of hydrogen-bond donors (Lipinski definition) is 4. The maximum atomic E-state index is 13.3. The number of rotatable bonds is 8. The number of fused-ring (bicyclic) bond motifs is 1. The van der Waals surface area contributed by atoms with E-state index in [0.717, 1.165) is 64.3 Å². The Hall–Kier alpha value is -3.68. The highest BCUT2D eigenvalue weighted by molar-refractivity contribution is 5.94. The monoisotopic (exact) mass is 443 g/mol. The Balaban J connectivity index is 1.52. The van der Waals surface area contributed by atoms with Crippen LogP contribution in [0.2, 0.25) is 0 Å². The van der Waals surface area contributed by atoms with Crippen molar-refractivity contribution in [2.75, 3.05) is 12.4 Å². The number of para-hydroxylation sites is 1. The van der Waals surface area contributed by atoms with E-state index < -0.39 is 0 Å². The van der Waals surface area contributed by atoms with Crippen molar-refractivity contribution >= 4 is 22.6 Å². The lowest BCUT2D eigenvalue weighted by Crippen LogP contribution is -2.31. The van der Waals surface area contributed by atoms with Crippen molar-refractivity contribution in [2.24, 2.45) is 0 Å². The molecule has 3 aromatic heterocycles. The van der Waals surface area contributed by atoms with Gasteiger partial charge in [0.1, 0.15) is 11.6 Å². The SMILES string of the molecule is CCc1[nH]nc(C(=O)N[C@@H](Cc2c[nH]c3ccccc23)c2cc(NC)nc(C3CC3)n2)c1C. The van der Waals surface area contributed by atoms with E-state index in [4.69, 9.17) is 4.98 Å². The van der Waals surface area contributed by atoms with Crippen molar-refractivity contribution < 1.29 is 4.79 Å². The highest BCUT2D eigenvalue weighted by Gasteiger charge is 2.29. The molecule has 1 aromatic carbocycles. The van der Waals surface area contributed by atoms with Crippen LogP contribution in [0.5, 0.6) is 0 Å². The number of hydrogen-bond acceptors (Lipinski definition) is 5. The Labute approximate surface area is 192 Å². The number of benzene rings is 1. The van der Waals surface area contributed by atoms with E-state index in [1.54, 1.807) is 0 Å². The molecule has 0 spiro atoms. The lowest BCUT2D eigenvalue weighted by molar-refractivity contribution is 0.0930. The van der Waals surface area contributed by atoms with Crippen LogP contribution in [0.1, 0.15) is 70.6 Å². The van der Waals surface area contributed by atoms with Crippen LogP contribution < -0.4 is 10.6 Å². The van der Waals surface area contributed by atoms with E-state index in [-0.39, 0.29) is 11.9 Å². The zero-order valence-electron chi connectivity index (χ0n) is 19.2. The average molecular weight is 444 g/mol. The van der Waals surface area contributed by atoms with E-state index in [1.807, 2.05) is 45.3 Å². The fraction of sp³-hybridized carbons (Fsp3) is 0.360. The fourth-order valence-corrected chi connectivity index (χ4v) is 4.29. The van der Waals surface area contributed by atoms with Crippen molar-refractivity contribution in [3.05, 3.63) is 70.6 Å². The molecule has 1 fully saturated rings. The molecular weight excluding hydrogens is 414 g/mol. The minimum Gasteiger partial charge on any atom is -0.373 e. The summed E-state index contributed by atoms with van der Waals surface area (Å²) < 4.78 is 0. The molecule has 4 aromatic rings. The van der Waals surface area contributed by atoms with Gasteiger partial charge in [-0.1, -0.05) is 25.1 Å². The van der Waals surface area contributed by atoms with E-state index in [2.05, 4.69) is 42.9 Å². The molecule has 0 radical (unpaired) electrons. The number of nitrogens with zero attached hydrogens (tertiary/aromatic N) is 3. The van der Waals surface area contributed by atoms with Crippen LogP contribution in [-0.4, -0.2) is 38.1 Å². The largest absolute Gasteiger partial charge is 0.373 e. The zero-order valence-corrected chi connectivity index (χ0v) is 19.2. The molecule has 33 heavy (non-hydrogen) atoms. The van der Waals surface area contributed by atoms with Gasteiger partial charge in [0.05, 0.1) is 11.7 Å². The van der Waals surface area contributed by atoms with Crippen LogP contribution in [0.4, 0.5) is 5.82 Å². The molecule has 1 aliphatic rings. The first kappa shape index (κ1) is 21.2. The van der Waals surface area contributed by atoms with Crippen LogP contribution in [0.3, 0.4) is 0 Å². The number of nitrogens with one attached hydrogen (secondary N) is 4. The third kappa shape index (κ3) is 4.20. The molecule has 1 aliphatic carbocycles. The summed E-state index contributed by atoms with van der Waals surface area (Å²) in [6.45, 7) is 3.97. The molecule has 4 N–H and O–H groups in total. The first-order valence-corrected chi connectivity index (χ1v) is 11.5. The summed E-state index contributed by atoms with van der Waals surface area (Å²) in [5.74, 6) is 1.82. The van der Waals surface area contributed by atoms with Gasteiger partial charge in [-0.15, -0.1) is 0 Å². The molecule has 0 saturated heterocycles. The summed E-state index contributed by atoms with van der Waals surface area (Å²) in [4.78, 5) is 26.2. The first-order chi connectivity index (χ1) is 16.1. The normalized spacial score (nSPS) is 14.4. The Morgan fingerprint density at radius 2 is 2.06 bits per heavy atom. The minimum absolute atomic E-state index is 0.203. The first-order valence-electron chi connectivity index (χ1n) is 11.5. The molecule has 5 rings (SSSR count). The number of amides is 1. The average Bonchev–Trinajstić information content (AvgIpc) is 3.52. The molecule has 0 unspecified atom stereocenters. The van der Waals surface area contributed by atoms with E-state index in [9.17, 15) is 4.79 Å². The molecular formula is C25H29N7O. The number of carbonyl (C=O) groups is 1. The summed E-state index contributed by atoms with van der Waals surface area (Å²) >= 11 is 0. The molecule has 8 heteroatoms. The van der Waals surface area contributed by atoms with Gasteiger partial charge in [-0.2, -0.15) is 5.10 Å². The second kappa shape index (κ2) is 8.69. The number of aromatic nitrogens is 5. The molecule has 0 bridgehead atoms. The Kier molecular flexibility index (Phi) is 5.58. The van der Waals surface area contributed by atoms with Crippen LogP contribution in [0.25, 0.3) is 10.9 Å². The summed E-state index contributed by atoms with van der Waals surface area (Å²) in [6.07, 6.45) is 5.63. The van der Waals surface area contributed by atoms with Crippen molar-refractivity contribution in [1.82, 2.24) is 30.5 Å². The zero-order chi connectivity index (χ0) is 22.9. The number of carbonyl (C=O) groups excluding carboxylic acids is 1. The third-order valence-electron chi connectivity index (χ3n) is 6.40. The van der Waals surface area contributed by atoms with E-state index in [1.165, 1.54) is 0 Å². The predicted molar refractivity (Wildman–Crippen MR) is 128 cm³/mol. The molecule has 170 valence electrons.